The highest BCUT2D eigenvalue weighted by Gasteiger charge is 2.12. The quantitative estimate of drug-likeness (QED) is 0.830. The molecule has 2 rings (SSSR count). The number of ether oxygens (including phenoxy) is 1. The standard InChI is InChI=1S/C17H20N2O2/c1-3-21-16-8-7-12(2)9-15(16)17(20)19-11-13-5-4-6-14(18)10-13/h4-10H,3,11,18H2,1-2H3,(H,19,20). The Bertz CT molecular complexity index is 638. The van der Waals surface area contributed by atoms with E-state index in [9.17, 15) is 4.79 Å². The van der Waals surface area contributed by atoms with E-state index in [2.05, 4.69) is 5.32 Å². The molecule has 0 unspecified atom stereocenters. The highest BCUT2D eigenvalue weighted by molar-refractivity contribution is 5.97. The zero-order chi connectivity index (χ0) is 15.2. The number of hydrogen-bond acceptors (Lipinski definition) is 3. The van der Waals surface area contributed by atoms with Gasteiger partial charge >= 0.3 is 0 Å². The van der Waals surface area contributed by atoms with Crippen LogP contribution in [-0.2, 0) is 6.54 Å². The Kier molecular flexibility index (Phi) is 4.82. The summed E-state index contributed by atoms with van der Waals surface area (Å²) in [6.07, 6.45) is 0. The van der Waals surface area contributed by atoms with Crippen molar-refractivity contribution < 1.29 is 9.53 Å². The molecule has 0 bridgehead atoms. The molecule has 0 aromatic heterocycles. The smallest absolute Gasteiger partial charge is 0.255 e. The molecule has 21 heavy (non-hydrogen) atoms. The van der Waals surface area contributed by atoms with Crippen molar-refractivity contribution in [1.29, 1.82) is 0 Å². The first kappa shape index (κ1) is 14.9. The zero-order valence-corrected chi connectivity index (χ0v) is 12.3. The first-order valence-electron chi connectivity index (χ1n) is 6.96. The molecule has 0 heterocycles. The molecule has 0 fully saturated rings. The van der Waals surface area contributed by atoms with Crippen molar-refractivity contribution in [2.24, 2.45) is 0 Å². The van der Waals surface area contributed by atoms with E-state index in [1.165, 1.54) is 0 Å². The average molecular weight is 284 g/mol. The second-order valence-electron chi connectivity index (χ2n) is 4.86. The molecule has 4 nitrogen and oxygen atoms in total. The Hall–Kier alpha value is -2.49. The Balaban J connectivity index is 2.11. The highest BCUT2D eigenvalue weighted by atomic mass is 16.5. The second-order valence-corrected chi connectivity index (χ2v) is 4.86. The lowest BCUT2D eigenvalue weighted by Gasteiger charge is -2.11. The van der Waals surface area contributed by atoms with Gasteiger partial charge in [0.1, 0.15) is 5.75 Å². The van der Waals surface area contributed by atoms with Gasteiger partial charge in [-0.1, -0.05) is 23.8 Å². The first-order valence-corrected chi connectivity index (χ1v) is 6.96. The number of nitrogens with one attached hydrogen (secondary N) is 1. The summed E-state index contributed by atoms with van der Waals surface area (Å²) in [4.78, 5) is 12.3. The Morgan fingerprint density at radius 3 is 2.76 bits per heavy atom. The monoisotopic (exact) mass is 284 g/mol. The van der Waals surface area contributed by atoms with Crippen LogP contribution in [0, 0.1) is 6.92 Å². The number of rotatable bonds is 5. The minimum atomic E-state index is -0.149. The summed E-state index contributed by atoms with van der Waals surface area (Å²) in [6.45, 7) is 4.81. The fraction of sp³-hybridized carbons (Fsp3) is 0.235. The van der Waals surface area contributed by atoms with Crippen molar-refractivity contribution in [1.82, 2.24) is 5.32 Å². The van der Waals surface area contributed by atoms with Gasteiger partial charge in [-0.2, -0.15) is 0 Å². The van der Waals surface area contributed by atoms with Crippen molar-refractivity contribution >= 4 is 11.6 Å². The van der Waals surface area contributed by atoms with Crippen molar-refractivity contribution in [3.63, 3.8) is 0 Å². The van der Waals surface area contributed by atoms with E-state index in [4.69, 9.17) is 10.5 Å². The summed E-state index contributed by atoms with van der Waals surface area (Å²) in [7, 11) is 0. The van der Waals surface area contributed by atoms with E-state index >= 15 is 0 Å². The molecular formula is C17H20N2O2. The molecule has 2 aromatic rings. The van der Waals surface area contributed by atoms with Crippen molar-refractivity contribution in [2.75, 3.05) is 12.3 Å². The van der Waals surface area contributed by atoms with Gasteiger partial charge in [-0.05, 0) is 43.7 Å². The van der Waals surface area contributed by atoms with Crippen LogP contribution in [0.25, 0.3) is 0 Å². The number of benzene rings is 2. The van der Waals surface area contributed by atoms with Crippen LogP contribution in [0.4, 0.5) is 5.69 Å². The molecule has 0 aliphatic rings. The van der Waals surface area contributed by atoms with E-state index in [0.29, 0.717) is 30.2 Å². The maximum Gasteiger partial charge on any atom is 0.255 e. The van der Waals surface area contributed by atoms with Gasteiger partial charge in [0.15, 0.2) is 0 Å². The van der Waals surface area contributed by atoms with Gasteiger partial charge in [0.25, 0.3) is 5.91 Å². The van der Waals surface area contributed by atoms with Crippen LogP contribution in [0.3, 0.4) is 0 Å². The molecular weight excluding hydrogens is 264 g/mol. The highest BCUT2D eigenvalue weighted by Crippen LogP contribution is 2.20. The van der Waals surface area contributed by atoms with Gasteiger partial charge in [0, 0.05) is 12.2 Å². The molecule has 2 aromatic carbocycles. The summed E-state index contributed by atoms with van der Waals surface area (Å²) < 4.78 is 5.50. The number of carbonyl (C=O) groups excluding carboxylic acids is 1. The number of anilines is 1. The molecule has 0 saturated carbocycles. The summed E-state index contributed by atoms with van der Waals surface area (Å²) in [5.41, 5.74) is 8.96. The SMILES string of the molecule is CCOc1ccc(C)cc1C(=O)NCc1cccc(N)c1. The number of amides is 1. The Morgan fingerprint density at radius 2 is 2.05 bits per heavy atom. The maximum absolute atomic E-state index is 12.3. The molecule has 1 amide bonds. The number of aryl methyl sites for hydroxylation is 1. The Labute approximate surface area is 124 Å². The van der Waals surface area contributed by atoms with Gasteiger partial charge in [-0.3, -0.25) is 4.79 Å². The third kappa shape index (κ3) is 3.99. The number of nitrogens with two attached hydrogens (primary N) is 1. The number of nitrogen functional groups attached to an aromatic ring is 1. The normalized spacial score (nSPS) is 10.2. The predicted octanol–water partition coefficient (Wildman–Crippen LogP) is 2.91. The molecule has 0 aliphatic carbocycles. The van der Waals surface area contributed by atoms with Crippen molar-refractivity contribution in [2.45, 2.75) is 20.4 Å². The van der Waals surface area contributed by atoms with Gasteiger partial charge < -0.3 is 15.8 Å². The van der Waals surface area contributed by atoms with Crippen LogP contribution >= 0.6 is 0 Å². The van der Waals surface area contributed by atoms with E-state index in [0.717, 1.165) is 11.1 Å². The average Bonchev–Trinajstić information content (AvgIpc) is 2.47. The van der Waals surface area contributed by atoms with E-state index in [1.54, 1.807) is 0 Å². The van der Waals surface area contributed by atoms with Crippen LogP contribution in [0.15, 0.2) is 42.5 Å². The first-order chi connectivity index (χ1) is 10.1. The number of carbonyl (C=O) groups is 1. The minimum Gasteiger partial charge on any atom is -0.493 e. The fourth-order valence-corrected chi connectivity index (χ4v) is 2.08. The van der Waals surface area contributed by atoms with Gasteiger partial charge in [0.2, 0.25) is 0 Å². The number of hydrogen-bond donors (Lipinski definition) is 2. The molecule has 0 radical (unpaired) electrons. The zero-order valence-electron chi connectivity index (χ0n) is 12.3. The summed E-state index contributed by atoms with van der Waals surface area (Å²) >= 11 is 0. The molecule has 0 saturated heterocycles. The maximum atomic E-state index is 12.3. The molecule has 3 N–H and O–H groups in total. The molecule has 110 valence electrons. The summed E-state index contributed by atoms with van der Waals surface area (Å²) in [6, 6.07) is 13.1. The van der Waals surface area contributed by atoms with Crippen molar-refractivity contribution in [3.8, 4) is 5.75 Å². The van der Waals surface area contributed by atoms with Gasteiger partial charge in [-0.25, -0.2) is 0 Å². The van der Waals surface area contributed by atoms with E-state index in [1.807, 2.05) is 56.3 Å². The van der Waals surface area contributed by atoms with E-state index in [-0.39, 0.29) is 5.91 Å². The summed E-state index contributed by atoms with van der Waals surface area (Å²) in [5.74, 6) is 0.456. The van der Waals surface area contributed by atoms with Crippen LogP contribution < -0.4 is 15.8 Å². The third-order valence-corrected chi connectivity index (χ3v) is 3.08. The Morgan fingerprint density at radius 1 is 1.24 bits per heavy atom. The van der Waals surface area contributed by atoms with E-state index < -0.39 is 0 Å². The molecule has 0 aliphatic heterocycles. The lowest BCUT2D eigenvalue weighted by molar-refractivity contribution is 0.0947. The van der Waals surface area contributed by atoms with Crippen LogP contribution in [0.2, 0.25) is 0 Å². The third-order valence-electron chi connectivity index (χ3n) is 3.08. The lowest BCUT2D eigenvalue weighted by atomic mass is 10.1. The predicted molar refractivity (Wildman–Crippen MR) is 84.4 cm³/mol. The minimum absolute atomic E-state index is 0.149. The topological polar surface area (TPSA) is 64.3 Å². The molecule has 4 heteroatoms. The lowest BCUT2D eigenvalue weighted by Crippen LogP contribution is -2.23. The molecule has 0 spiro atoms. The fourth-order valence-electron chi connectivity index (χ4n) is 2.08. The molecule has 0 atom stereocenters. The van der Waals surface area contributed by atoms with Crippen LogP contribution in [-0.4, -0.2) is 12.5 Å². The largest absolute Gasteiger partial charge is 0.493 e. The van der Waals surface area contributed by atoms with Gasteiger partial charge in [0.05, 0.1) is 12.2 Å². The van der Waals surface area contributed by atoms with Crippen molar-refractivity contribution in [3.05, 3.63) is 59.2 Å². The van der Waals surface area contributed by atoms with Crippen LogP contribution in [0.1, 0.15) is 28.4 Å². The van der Waals surface area contributed by atoms with Crippen LogP contribution in [0.5, 0.6) is 5.75 Å². The second kappa shape index (κ2) is 6.79. The van der Waals surface area contributed by atoms with Gasteiger partial charge in [-0.15, -0.1) is 0 Å². The summed E-state index contributed by atoms with van der Waals surface area (Å²) in [5, 5.41) is 2.89.